The average Bonchev–Trinajstić information content (AvgIpc) is 3.09. The molecule has 1 aromatic carbocycles. The van der Waals surface area contributed by atoms with Crippen molar-refractivity contribution in [2.75, 3.05) is 13.1 Å². The molecule has 1 N–H and O–H groups in total. The summed E-state index contributed by atoms with van der Waals surface area (Å²) in [5.74, 6) is -0.239. The molecule has 2 heterocycles. The van der Waals surface area contributed by atoms with Crippen molar-refractivity contribution in [3.8, 4) is 0 Å². The Balaban J connectivity index is 1.66. The molecule has 4 heteroatoms. The van der Waals surface area contributed by atoms with Crippen LogP contribution in [0.2, 0.25) is 0 Å². The first kappa shape index (κ1) is 13.3. The molecule has 1 aliphatic rings. The smallest absolute Gasteiger partial charge is 0.346 e. The summed E-state index contributed by atoms with van der Waals surface area (Å²) >= 11 is 1.31. The maximum Gasteiger partial charge on any atom is 0.346 e. The first-order valence-electron chi connectivity index (χ1n) is 6.81. The topological polar surface area (TPSA) is 40.5 Å². The largest absolute Gasteiger partial charge is 0.477 e. The van der Waals surface area contributed by atoms with Crippen molar-refractivity contribution in [3.63, 3.8) is 0 Å². The predicted molar refractivity (Wildman–Crippen MR) is 80.4 cm³/mol. The Morgan fingerprint density at radius 1 is 1.30 bits per heavy atom. The van der Waals surface area contributed by atoms with Gasteiger partial charge in [-0.3, -0.25) is 4.90 Å². The number of nitrogens with zero attached hydrogens (tertiary/aromatic N) is 1. The molecule has 20 heavy (non-hydrogen) atoms. The Morgan fingerprint density at radius 3 is 2.85 bits per heavy atom. The summed E-state index contributed by atoms with van der Waals surface area (Å²) in [4.78, 5) is 14.0. The van der Waals surface area contributed by atoms with Crippen LogP contribution in [0.1, 0.15) is 33.1 Å². The van der Waals surface area contributed by atoms with Crippen LogP contribution in [0.4, 0.5) is 0 Å². The number of carbonyl (C=O) groups is 1. The fraction of sp³-hybridized carbons (Fsp3) is 0.312. The van der Waals surface area contributed by atoms with Gasteiger partial charge in [0.1, 0.15) is 4.88 Å². The van der Waals surface area contributed by atoms with Gasteiger partial charge in [0.05, 0.1) is 0 Å². The molecule has 1 unspecified atom stereocenters. The Morgan fingerprint density at radius 2 is 2.10 bits per heavy atom. The van der Waals surface area contributed by atoms with E-state index in [9.17, 15) is 4.79 Å². The van der Waals surface area contributed by atoms with E-state index < -0.39 is 5.97 Å². The number of hydrogen-bond donors (Lipinski definition) is 1. The fourth-order valence-electron chi connectivity index (χ4n) is 2.86. The standard InChI is InChI=1S/C16H17NO2S/c18-16(19)15-14(7-9-20-15)11-17-8-6-13(10-17)12-4-2-1-3-5-12/h1-5,7,9,13H,6,8,10-11H2,(H,18,19). The third-order valence-corrected chi connectivity index (χ3v) is 4.82. The maximum absolute atomic E-state index is 11.1. The van der Waals surface area contributed by atoms with E-state index in [0.717, 1.165) is 31.6 Å². The molecular formula is C16H17NO2S. The highest BCUT2D eigenvalue weighted by atomic mass is 32.1. The Bertz CT molecular complexity index is 594. The molecule has 0 saturated carbocycles. The Labute approximate surface area is 122 Å². The van der Waals surface area contributed by atoms with E-state index >= 15 is 0 Å². The second kappa shape index (κ2) is 5.77. The van der Waals surface area contributed by atoms with E-state index in [2.05, 4.69) is 29.2 Å². The summed E-state index contributed by atoms with van der Waals surface area (Å²) < 4.78 is 0. The first-order valence-corrected chi connectivity index (χ1v) is 7.69. The van der Waals surface area contributed by atoms with Gasteiger partial charge < -0.3 is 5.11 Å². The molecule has 0 bridgehead atoms. The number of thiophene rings is 1. The normalized spacial score (nSPS) is 19.3. The third kappa shape index (κ3) is 2.76. The minimum atomic E-state index is -0.811. The number of aromatic carboxylic acids is 1. The highest BCUT2D eigenvalue weighted by Crippen LogP contribution is 2.29. The van der Waals surface area contributed by atoms with Gasteiger partial charge in [-0.05, 0) is 41.5 Å². The number of benzene rings is 1. The number of hydrogen-bond acceptors (Lipinski definition) is 3. The van der Waals surface area contributed by atoms with E-state index in [1.54, 1.807) is 0 Å². The van der Waals surface area contributed by atoms with Gasteiger partial charge >= 0.3 is 5.97 Å². The van der Waals surface area contributed by atoms with Gasteiger partial charge in [0, 0.05) is 13.1 Å². The van der Waals surface area contributed by atoms with Gasteiger partial charge in [0.15, 0.2) is 0 Å². The number of carboxylic acids is 1. The third-order valence-electron chi connectivity index (χ3n) is 3.88. The molecule has 0 aliphatic carbocycles. The van der Waals surface area contributed by atoms with Gasteiger partial charge in [-0.1, -0.05) is 30.3 Å². The second-order valence-corrected chi connectivity index (χ2v) is 6.13. The molecule has 2 aromatic rings. The van der Waals surface area contributed by atoms with Crippen LogP contribution in [-0.2, 0) is 6.54 Å². The minimum absolute atomic E-state index is 0.480. The molecule has 1 atom stereocenters. The monoisotopic (exact) mass is 287 g/mol. The zero-order valence-electron chi connectivity index (χ0n) is 11.2. The minimum Gasteiger partial charge on any atom is -0.477 e. The molecule has 1 saturated heterocycles. The van der Waals surface area contributed by atoms with Gasteiger partial charge in [-0.2, -0.15) is 0 Å². The van der Waals surface area contributed by atoms with E-state index in [-0.39, 0.29) is 0 Å². The van der Waals surface area contributed by atoms with Crippen LogP contribution >= 0.6 is 11.3 Å². The first-order chi connectivity index (χ1) is 9.74. The summed E-state index contributed by atoms with van der Waals surface area (Å²) in [6, 6.07) is 12.5. The Kier molecular flexibility index (Phi) is 3.85. The van der Waals surface area contributed by atoms with Crippen molar-refractivity contribution in [1.82, 2.24) is 4.90 Å². The predicted octanol–water partition coefficient (Wildman–Crippen LogP) is 3.44. The SMILES string of the molecule is O=C(O)c1sccc1CN1CCC(c2ccccc2)C1. The molecule has 0 spiro atoms. The van der Waals surface area contributed by atoms with Crippen LogP contribution in [0, 0.1) is 0 Å². The molecule has 3 nitrogen and oxygen atoms in total. The van der Waals surface area contributed by atoms with Crippen LogP contribution in [0.15, 0.2) is 41.8 Å². The Hall–Kier alpha value is -1.65. The van der Waals surface area contributed by atoms with Gasteiger partial charge in [-0.25, -0.2) is 4.79 Å². The molecule has 0 amide bonds. The maximum atomic E-state index is 11.1. The number of rotatable bonds is 4. The number of likely N-dealkylation sites (tertiary alicyclic amines) is 1. The zero-order valence-corrected chi connectivity index (χ0v) is 12.0. The second-order valence-electron chi connectivity index (χ2n) is 5.21. The zero-order chi connectivity index (χ0) is 13.9. The quantitative estimate of drug-likeness (QED) is 0.936. The van der Waals surface area contributed by atoms with Crippen molar-refractivity contribution in [2.45, 2.75) is 18.9 Å². The van der Waals surface area contributed by atoms with E-state index in [1.165, 1.54) is 16.9 Å². The van der Waals surface area contributed by atoms with Crippen molar-refractivity contribution in [2.24, 2.45) is 0 Å². The van der Waals surface area contributed by atoms with Crippen molar-refractivity contribution >= 4 is 17.3 Å². The molecule has 1 aliphatic heterocycles. The van der Waals surface area contributed by atoms with Crippen LogP contribution in [0.25, 0.3) is 0 Å². The van der Waals surface area contributed by atoms with Crippen molar-refractivity contribution in [3.05, 3.63) is 57.8 Å². The van der Waals surface area contributed by atoms with Gasteiger partial charge in [0.2, 0.25) is 0 Å². The van der Waals surface area contributed by atoms with Crippen molar-refractivity contribution in [1.29, 1.82) is 0 Å². The highest BCUT2D eigenvalue weighted by molar-refractivity contribution is 7.12. The van der Waals surface area contributed by atoms with Crippen LogP contribution in [0.5, 0.6) is 0 Å². The van der Waals surface area contributed by atoms with Gasteiger partial charge in [-0.15, -0.1) is 11.3 Å². The average molecular weight is 287 g/mol. The summed E-state index contributed by atoms with van der Waals surface area (Å²) in [6.45, 7) is 2.79. The lowest BCUT2D eigenvalue weighted by molar-refractivity contribution is 0.0700. The van der Waals surface area contributed by atoms with E-state index in [0.29, 0.717) is 10.8 Å². The van der Waals surface area contributed by atoms with Crippen LogP contribution < -0.4 is 0 Å². The summed E-state index contributed by atoms with van der Waals surface area (Å²) in [5.41, 5.74) is 2.33. The molecule has 0 radical (unpaired) electrons. The molecule has 3 rings (SSSR count). The fourth-order valence-corrected chi connectivity index (χ4v) is 3.62. The van der Waals surface area contributed by atoms with E-state index in [1.807, 2.05) is 17.5 Å². The van der Waals surface area contributed by atoms with Crippen molar-refractivity contribution < 1.29 is 9.90 Å². The lowest BCUT2D eigenvalue weighted by Gasteiger charge is -2.16. The summed E-state index contributed by atoms with van der Waals surface area (Å²) in [5, 5.41) is 11.0. The molecule has 1 fully saturated rings. The summed E-state index contributed by atoms with van der Waals surface area (Å²) in [6.07, 6.45) is 1.15. The highest BCUT2D eigenvalue weighted by Gasteiger charge is 2.25. The van der Waals surface area contributed by atoms with Crippen LogP contribution in [0.3, 0.4) is 0 Å². The molecule has 104 valence electrons. The molecular weight excluding hydrogens is 270 g/mol. The van der Waals surface area contributed by atoms with Gasteiger partial charge in [0.25, 0.3) is 0 Å². The van der Waals surface area contributed by atoms with E-state index in [4.69, 9.17) is 5.11 Å². The van der Waals surface area contributed by atoms with Crippen LogP contribution in [-0.4, -0.2) is 29.1 Å². The lowest BCUT2D eigenvalue weighted by atomic mass is 9.99. The number of carboxylic acid groups (broad SMARTS) is 1. The lowest BCUT2D eigenvalue weighted by Crippen LogP contribution is -2.20. The summed E-state index contributed by atoms with van der Waals surface area (Å²) in [7, 11) is 0. The molecule has 1 aromatic heterocycles.